The van der Waals surface area contributed by atoms with E-state index in [1.165, 1.54) is 13.2 Å². The van der Waals surface area contributed by atoms with Crippen molar-refractivity contribution in [3.63, 3.8) is 0 Å². The van der Waals surface area contributed by atoms with Crippen molar-refractivity contribution in [1.29, 1.82) is 0 Å². The maximum Gasteiger partial charge on any atom is 0.354 e. The standard InChI is InChI=1S/C9H10N2O3/c1-11-5-7(4-10-6-12)3-8(11)9(13)14-2/h3,5H,4H2,1-2H3. The summed E-state index contributed by atoms with van der Waals surface area (Å²) < 4.78 is 6.19. The monoisotopic (exact) mass is 194 g/mol. The molecule has 0 amide bonds. The fraction of sp³-hybridized carbons (Fsp3) is 0.333. The van der Waals surface area contributed by atoms with Crippen LogP contribution in [-0.2, 0) is 23.1 Å². The normalized spacial score (nSPS) is 9.29. The summed E-state index contributed by atoms with van der Waals surface area (Å²) in [6, 6.07) is 1.63. The molecule has 0 saturated heterocycles. The second-order valence-electron chi connectivity index (χ2n) is 2.74. The Kier molecular flexibility index (Phi) is 3.20. The number of methoxy groups -OCH3 is 1. The molecule has 0 atom stereocenters. The molecule has 74 valence electrons. The summed E-state index contributed by atoms with van der Waals surface area (Å²) in [5.41, 5.74) is 1.21. The zero-order valence-electron chi connectivity index (χ0n) is 7.98. The van der Waals surface area contributed by atoms with Gasteiger partial charge < -0.3 is 9.30 Å². The van der Waals surface area contributed by atoms with Crippen LogP contribution in [0.15, 0.2) is 17.3 Å². The van der Waals surface area contributed by atoms with Crippen LogP contribution in [0.25, 0.3) is 0 Å². The van der Waals surface area contributed by atoms with Gasteiger partial charge >= 0.3 is 5.97 Å². The van der Waals surface area contributed by atoms with E-state index in [1.54, 1.807) is 23.9 Å². The fourth-order valence-electron chi connectivity index (χ4n) is 1.15. The number of aromatic nitrogens is 1. The van der Waals surface area contributed by atoms with Gasteiger partial charge in [0.2, 0.25) is 6.08 Å². The highest BCUT2D eigenvalue weighted by atomic mass is 16.5. The van der Waals surface area contributed by atoms with E-state index in [0.29, 0.717) is 5.69 Å². The summed E-state index contributed by atoms with van der Waals surface area (Å²) in [5.74, 6) is -0.408. The molecule has 0 fully saturated rings. The molecular formula is C9H10N2O3. The molecule has 0 aliphatic heterocycles. The van der Waals surface area contributed by atoms with Gasteiger partial charge in [-0.25, -0.2) is 14.6 Å². The molecule has 0 N–H and O–H groups in total. The lowest BCUT2D eigenvalue weighted by Gasteiger charge is -1.98. The van der Waals surface area contributed by atoms with Crippen LogP contribution in [0.3, 0.4) is 0 Å². The van der Waals surface area contributed by atoms with Crippen LogP contribution in [-0.4, -0.2) is 23.7 Å². The second-order valence-corrected chi connectivity index (χ2v) is 2.74. The Labute approximate surface area is 81.0 Å². The molecule has 0 spiro atoms. The first kappa shape index (κ1) is 10.2. The van der Waals surface area contributed by atoms with E-state index in [2.05, 4.69) is 9.73 Å². The summed E-state index contributed by atoms with van der Waals surface area (Å²) in [4.78, 5) is 24.5. The minimum atomic E-state index is -0.408. The molecule has 5 nitrogen and oxygen atoms in total. The fourth-order valence-corrected chi connectivity index (χ4v) is 1.15. The zero-order valence-corrected chi connectivity index (χ0v) is 7.98. The van der Waals surface area contributed by atoms with E-state index in [-0.39, 0.29) is 6.54 Å². The number of aliphatic imine (C=N–C) groups is 1. The van der Waals surface area contributed by atoms with Crippen molar-refractivity contribution in [2.45, 2.75) is 6.54 Å². The highest BCUT2D eigenvalue weighted by Gasteiger charge is 2.11. The van der Waals surface area contributed by atoms with Crippen molar-refractivity contribution < 1.29 is 14.3 Å². The number of isocyanates is 1. The van der Waals surface area contributed by atoms with Gasteiger partial charge in [0.05, 0.1) is 13.7 Å². The minimum absolute atomic E-state index is 0.230. The molecule has 14 heavy (non-hydrogen) atoms. The zero-order chi connectivity index (χ0) is 10.6. The molecule has 0 aliphatic rings. The van der Waals surface area contributed by atoms with Crippen molar-refractivity contribution in [3.05, 3.63) is 23.5 Å². The van der Waals surface area contributed by atoms with E-state index in [0.717, 1.165) is 5.56 Å². The third kappa shape index (κ3) is 2.08. The SMILES string of the molecule is COC(=O)c1cc(CN=C=O)cn1C. The highest BCUT2D eigenvalue weighted by Crippen LogP contribution is 2.09. The Bertz CT molecular complexity index is 389. The van der Waals surface area contributed by atoms with E-state index in [1.807, 2.05) is 0 Å². The Morgan fingerprint density at radius 2 is 2.43 bits per heavy atom. The summed E-state index contributed by atoms with van der Waals surface area (Å²) >= 11 is 0. The number of esters is 1. The molecule has 0 radical (unpaired) electrons. The van der Waals surface area contributed by atoms with Crippen LogP contribution in [0.5, 0.6) is 0 Å². The molecule has 1 aromatic heterocycles. The summed E-state index contributed by atoms with van der Waals surface area (Å²) in [6.45, 7) is 0.230. The van der Waals surface area contributed by atoms with Crippen LogP contribution in [0, 0.1) is 0 Å². The number of aryl methyl sites for hydroxylation is 1. The summed E-state index contributed by atoms with van der Waals surface area (Å²) in [7, 11) is 3.04. The second kappa shape index (κ2) is 4.39. The van der Waals surface area contributed by atoms with Gasteiger partial charge in [0, 0.05) is 13.2 Å². The maximum absolute atomic E-state index is 11.2. The maximum atomic E-state index is 11.2. The van der Waals surface area contributed by atoms with E-state index < -0.39 is 5.97 Å². The van der Waals surface area contributed by atoms with Gasteiger partial charge in [-0.15, -0.1) is 0 Å². The topological polar surface area (TPSA) is 60.7 Å². The Morgan fingerprint density at radius 1 is 1.71 bits per heavy atom. The number of rotatable bonds is 3. The van der Waals surface area contributed by atoms with Gasteiger partial charge in [-0.1, -0.05) is 0 Å². The van der Waals surface area contributed by atoms with Crippen molar-refractivity contribution in [2.75, 3.05) is 7.11 Å². The third-order valence-corrected chi connectivity index (χ3v) is 1.78. The van der Waals surface area contributed by atoms with E-state index >= 15 is 0 Å². The van der Waals surface area contributed by atoms with Crippen molar-refractivity contribution in [1.82, 2.24) is 4.57 Å². The molecule has 1 heterocycles. The van der Waals surface area contributed by atoms with Crippen LogP contribution < -0.4 is 0 Å². The largest absolute Gasteiger partial charge is 0.464 e. The van der Waals surface area contributed by atoms with Gasteiger partial charge in [-0.2, -0.15) is 0 Å². The number of carbonyl (C=O) groups excluding carboxylic acids is 2. The first-order chi connectivity index (χ1) is 6.69. The average molecular weight is 194 g/mol. The molecule has 1 aromatic rings. The molecule has 0 unspecified atom stereocenters. The molecule has 0 bridgehead atoms. The van der Waals surface area contributed by atoms with Gasteiger partial charge in [0.1, 0.15) is 5.69 Å². The predicted octanol–water partition coefficient (Wildman–Crippen LogP) is 0.647. The lowest BCUT2D eigenvalue weighted by molar-refractivity contribution is 0.0590. The average Bonchev–Trinajstić information content (AvgIpc) is 2.55. The number of ether oxygens (including phenoxy) is 1. The summed E-state index contributed by atoms with van der Waals surface area (Å²) in [5, 5.41) is 0. The number of nitrogens with zero attached hydrogens (tertiary/aromatic N) is 2. The van der Waals surface area contributed by atoms with Crippen LogP contribution >= 0.6 is 0 Å². The number of hydrogen-bond donors (Lipinski definition) is 0. The molecule has 0 saturated carbocycles. The van der Waals surface area contributed by atoms with Crippen LogP contribution in [0.2, 0.25) is 0 Å². The van der Waals surface area contributed by atoms with Crippen molar-refractivity contribution >= 4 is 12.0 Å². The molecular weight excluding hydrogens is 184 g/mol. The van der Waals surface area contributed by atoms with Crippen LogP contribution in [0.4, 0.5) is 0 Å². The lowest BCUT2D eigenvalue weighted by atomic mass is 10.3. The lowest BCUT2D eigenvalue weighted by Crippen LogP contribution is -2.06. The highest BCUT2D eigenvalue weighted by molar-refractivity contribution is 5.87. The molecule has 5 heteroatoms. The van der Waals surface area contributed by atoms with Crippen LogP contribution in [0.1, 0.15) is 16.1 Å². The minimum Gasteiger partial charge on any atom is -0.464 e. The van der Waals surface area contributed by atoms with E-state index in [9.17, 15) is 9.59 Å². The van der Waals surface area contributed by atoms with Crippen molar-refractivity contribution in [3.8, 4) is 0 Å². The Hall–Kier alpha value is -1.87. The Morgan fingerprint density at radius 3 is 3.00 bits per heavy atom. The smallest absolute Gasteiger partial charge is 0.354 e. The van der Waals surface area contributed by atoms with Crippen molar-refractivity contribution in [2.24, 2.45) is 12.0 Å². The number of hydrogen-bond acceptors (Lipinski definition) is 4. The Balaban J connectivity index is 2.92. The molecule has 1 rings (SSSR count). The van der Waals surface area contributed by atoms with Gasteiger partial charge in [0.15, 0.2) is 0 Å². The summed E-state index contributed by atoms with van der Waals surface area (Å²) in [6.07, 6.45) is 3.15. The van der Waals surface area contributed by atoms with Gasteiger partial charge in [0.25, 0.3) is 0 Å². The molecule has 0 aliphatic carbocycles. The van der Waals surface area contributed by atoms with E-state index in [4.69, 9.17) is 0 Å². The quantitative estimate of drug-likeness (QED) is 0.403. The molecule has 0 aromatic carbocycles. The first-order valence-corrected chi connectivity index (χ1v) is 3.96. The first-order valence-electron chi connectivity index (χ1n) is 3.96. The van der Waals surface area contributed by atoms with Gasteiger partial charge in [-0.05, 0) is 11.6 Å². The predicted molar refractivity (Wildman–Crippen MR) is 48.6 cm³/mol. The number of carbonyl (C=O) groups is 1. The van der Waals surface area contributed by atoms with Gasteiger partial charge in [-0.3, -0.25) is 0 Å². The third-order valence-electron chi connectivity index (χ3n) is 1.78.